The number of nitrogens with one attached hydrogen (secondary N) is 1. The standard InChI is InChI=1S/C20H27N3O2S2/c1-2-23(11-13-7-8-13)17(24)9-10-26-12-16-21-19(25)18-14-5-3-4-6-15(14)27-20(18)22-16/h13H,2-12H2,1H3,(H,21,22,25). The molecule has 0 bridgehead atoms. The van der Waals surface area contributed by atoms with Gasteiger partial charge in [0.15, 0.2) is 0 Å². The summed E-state index contributed by atoms with van der Waals surface area (Å²) in [5.74, 6) is 3.13. The van der Waals surface area contributed by atoms with Gasteiger partial charge in [-0.3, -0.25) is 9.59 Å². The predicted octanol–water partition coefficient (Wildman–Crippen LogP) is 3.75. The zero-order chi connectivity index (χ0) is 18.8. The first-order valence-corrected chi connectivity index (χ1v) is 12.0. The number of nitrogens with zero attached hydrogens (tertiary/aromatic N) is 2. The Hall–Kier alpha value is -1.34. The third-order valence-electron chi connectivity index (χ3n) is 5.48. The fourth-order valence-electron chi connectivity index (χ4n) is 3.78. The molecule has 0 atom stereocenters. The summed E-state index contributed by atoms with van der Waals surface area (Å²) < 4.78 is 0. The molecule has 2 aromatic rings. The van der Waals surface area contributed by atoms with Crippen molar-refractivity contribution in [1.29, 1.82) is 0 Å². The molecule has 27 heavy (non-hydrogen) atoms. The number of H-pyrrole nitrogens is 1. The summed E-state index contributed by atoms with van der Waals surface area (Å²) in [7, 11) is 0. The summed E-state index contributed by atoms with van der Waals surface area (Å²) in [5, 5.41) is 0.817. The minimum atomic E-state index is 0.00710. The lowest BCUT2D eigenvalue weighted by molar-refractivity contribution is -0.130. The molecule has 1 amide bonds. The minimum absolute atomic E-state index is 0.00710. The van der Waals surface area contributed by atoms with Crippen LogP contribution in [-0.2, 0) is 23.4 Å². The highest BCUT2D eigenvalue weighted by Crippen LogP contribution is 2.33. The lowest BCUT2D eigenvalue weighted by Gasteiger charge is -2.20. The van der Waals surface area contributed by atoms with E-state index in [2.05, 4.69) is 11.9 Å². The number of aromatic nitrogens is 2. The second kappa shape index (κ2) is 8.35. The molecule has 2 aliphatic rings. The van der Waals surface area contributed by atoms with Gasteiger partial charge >= 0.3 is 0 Å². The number of thiophene rings is 1. The summed E-state index contributed by atoms with van der Waals surface area (Å²) in [6, 6.07) is 0. The molecule has 5 nitrogen and oxygen atoms in total. The summed E-state index contributed by atoms with van der Waals surface area (Å²) in [4.78, 5) is 36.8. The molecule has 0 spiro atoms. The number of hydrogen-bond donors (Lipinski definition) is 1. The molecule has 0 unspecified atom stereocenters. The maximum absolute atomic E-state index is 12.6. The Morgan fingerprint density at radius 3 is 2.93 bits per heavy atom. The first-order chi connectivity index (χ1) is 13.2. The topological polar surface area (TPSA) is 66.1 Å². The number of carbonyl (C=O) groups excluding carboxylic acids is 1. The number of aromatic amines is 1. The van der Waals surface area contributed by atoms with Crippen LogP contribution >= 0.6 is 23.1 Å². The van der Waals surface area contributed by atoms with Gasteiger partial charge in [0.2, 0.25) is 5.91 Å². The molecule has 0 aromatic carbocycles. The number of rotatable bonds is 8. The van der Waals surface area contributed by atoms with E-state index in [1.807, 2.05) is 4.90 Å². The van der Waals surface area contributed by atoms with Crippen molar-refractivity contribution < 1.29 is 4.79 Å². The molecule has 1 fully saturated rings. The largest absolute Gasteiger partial charge is 0.343 e. The van der Waals surface area contributed by atoms with Crippen LogP contribution < -0.4 is 5.56 Å². The van der Waals surface area contributed by atoms with Crippen molar-refractivity contribution in [1.82, 2.24) is 14.9 Å². The van der Waals surface area contributed by atoms with Crippen LogP contribution in [0, 0.1) is 5.92 Å². The highest BCUT2D eigenvalue weighted by atomic mass is 32.2. The molecule has 4 rings (SSSR count). The van der Waals surface area contributed by atoms with Gasteiger partial charge in [0.1, 0.15) is 10.7 Å². The highest BCUT2D eigenvalue weighted by Gasteiger charge is 2.25. The summed E-state index contributed by atoms with van der Waals surface area (Å²) in [5.41, 5.74) is 1.24. The third kappa shape index (κ3) is 4.40. The fourth-order valence-corrected chi connectivity index (χ4v) is 5.86. The Balaban J connectivity index is 1.33. The van der Waals surface area contributed by atoms with Gasteiger partial charge in [0.05, 0.1) is 11.1 Å². The van der Waals surface area contributed by atoms with Crippen molar-refractivity contribution in [3.8, 4) is 0 Å². The van der Waals surface area contributed by atoms with E-state index >= 15 is 0 Å². The van der Waals surface area contributed by atoms with Crippen LogP contribution in [0.5, 0.6) is 0 Å². The normalized spacial score (nSPS) is 16.5. The molecule has 146 valence electrons. The van der Waals surface area contributed by atoms with Crippen LogP contribution in [0.1, 0.15) is 55.3 Å². The third-order valence-corrected chi connectivity index (χ3v) is 7.64. The number of fused-ring (bicyclic) bond motifs is 3. The molecule has 2 aliphatic carbocycles. The van der Waals surface area contributed by atoms with Gasteiger partial charge in [0, 0.05) is 30.1 Å². The van der Waals surface area contributed by atoms with Crippen molar-refractivity contribution in [3.05, 3.63) is 26.6 Å². The van der Waals surface area contributed by atoms with Crippen molar-refractivity contribution in [2.24, 2.45) is 5.92 Å². The molecule has 0 radical (unpaired) electrons. The summed E-state index contributed by atoms with van der Waals surface area (Å²) >= 11 is 3.36. The smallest absolute Gasteiger partial charge is 0.259 e. The van der Waals surface area contributed by atoms with Crippen LogP contribution in [0.4, 0.5) is 0 Å². The van der Waals surface area contributed by atoms with Crippen LogP contribution in [0.15, 0.2) is 4.79 Å². The summed E-state index contributed by atoms with van der Waals surface area (Å²) in [6.07, 6.45) is 7.56. The van der Waals surface area contributed by atoms with Crippen molar-refractivity contribution in [2.45, 2.75) is 57.6 Å². The van der Waals surface area contributed by atoms with Crippen molar-refractivity contribution in [2.75, 3.05) is 18.8 Å². The first kappa shape index (κ1) is 19.0. The molecular formula is C20H27N3O2S2. The molecular weight excluding hydrogens is 378 g/mol. The number of thioether (sulfide) groups is 1. The van der Waals surface area contributed by atoms with Gasteiger partial charge in [-0.25, -0.2) is 4.98 Å². The Bertz CT molecular complexity index is 885. The Labute approximate surface area is 167 Å². The van der Waals surface area contributed by atoms with E-state index in [0.717, 1.165) is 53.6 Å². The van der Waals surface area contributed by atoms with E-state index in [9.17, 15) is 9.59 Å². The van der Waals surface area contributed by atoms with E-state index in [-0.39, 0.29) is 11.5 Å². The average molecular weight is 406 g/mol. The molecule has 0 saturated heterocycles. The lowest BCUT2D eigenvalue weighted by Crippen LogP contribution is -2.32. The molecule has 1 N–H and O–H groups in total. The second-order valence-corrected chi connectivity index (χ2v) is 9.77. The lowest BCUT2D eigenvalue weighted by atomic mass is 9.97. The van der Waals surface area contributed by atoms with Crippen LogP contribution in [0.25, 0.3) is 10.2 Å². The van der Waals surface area contributed by atoms with Gasteiger partial charge in [0.25, 0.3) is 5.56 Å². The van der Waals surface area contributed by atoms with E-state index in [4.69, 9.17) is 4.98 Å². The second-order valence-electron chi connectivity index (χ2n) is 7.58. The fraction of sp³-hybridized carbons (Fsp3) is 0.650. The van der Waals surface area contributed by atoms with E-state index in [1.165, 1.54) is 36.1 Å². The van der Waals surface area contributed by atoms with Crippen LogP contribution in [0.2, 0.25) is 0 Å². The van der Waals surface area contributed by atoms with E-state index < -0.39 is 0 Å². The van der Waals surface area contributed by atoms with Gasteiger partial charge < -0.3 is 9.88 Å². The molecule has 2 aromatic heterocycles. The highest BCUT2D eigenvalue weighted by molar-refractivity contribution is 7.98. The van der Waals surface area contributed by atoms with Crippen LogP contribution in [-0.4, -0.2) is 39.6 Å². The van der Waals surface area contributed by atoms with Gasteiger partial charge in [-0.2, -0.15) is 11.8 Å². The van der Waals surface area contributed by atoms with Crippen LogP contribution in [0.3, 0.4) is 0 Å². The average Bonchev–Trinajstić information content (AvgIpc) is 3.40. The molecule has 2 heterocycles. The monoisotopic (exact) mass is 405 g/mol. The SMILES string of the molecule is CCN(CC1CC1)C(=O)CCSCc1nc2sc3c(c2c(=O)[nH]1)CCCC3. The number of carbonyl (C=O) groups is 1. The van der Waals surface area contributed by atoms with Gasteiger partial charge in [-0.15, -0.1) is 11.3 Å². The predicted molar refractivity (Wildman–Crippen MR) is 113 cm³/mol. The Morgan fingerprint density at radius 1 is 1.33 bits per heavy atom. The van der Waals surface area contributed by atoms with Crippen molar-refractivity contribution >= 4 is 39.2 Å². The molecule has 1 saturated carbocycles. The zero-order valence-electron chi connectivity index (χ0n) is 15.9. The van der Waals surface area contributed by atoms with E-state index in [1.54, 1.807) is 23.1 Å². The van der Waals surface area contributed by atoms with Gasteiger partial charge in [-0.05, 0) is 56.9 Å². The summed E-state index contributed by atoms with van der Waals surface area (Å²) in [6.45, 7) is 3.78. The molecule has 7 heteroatoms. The number of hydrogen-bond acceptors (Lipinski definition) is 5. The maximum atomic E-state index is 12.6. The Kier molecular flexibility index (Phi) is 5.88. The van der Waals surface area contributed by atoms with E-state index in [0.29, 0.717) is 12.2 Å². The maximum Gasteiger partial charge on any atom is 0.259 e. The van der Waals surface area contributed by atoms with Crippen molar-refractivity contribution in [3.63, 3.8) is 0 Å². The Morgan fingerprint density at radius 2 is 2.15 bits per heavy atom. The number of aryl methyl sites for hydroxylation is 2. The molecule has 0 aliphatic heterocycles. The minimum Gasteiger partial charge on any atom is -0.343 e. The first-order valence-electron chi connectivity index (χ1n) is 10.0. The quantitative estimate of drug-likeness (QED) is 0.680. The zero-order valence-corrected chi connectivity index (χ0v) is 17.5. The van der Waals surface area contributed by atoms with Gasteiger partial charge in [-0.1, -0.05) is 0 Å². The number of amides is 1.